The Labute approximate surface area is 164 Å². The largest absolute Gasteiger partial charge is 0.490 e. The summed E-state index contributed by atoms with van der Waals surface area (Å²) in [6.07, 6.45) is 0.693. The predicted molar refractivity (Wildman–Crippen MR) is 113 cm³/mol. The van der Waals surface area contributed by atoms with Crippen LogP contribution in [0, 0.1) is 6.92 Å². The van der Waals surface area contributed by atoms with Gasteiger partial charge in [0.2, 0.25) is 10.9 Å². The highest BCUT2D eigenvalue weighted by molar-refractivity contribution is 5.81. The molecule has 3 aromatic carbocycles. The van der Waals surface area contributed by atoms with Crippen molar-refractivity contribution in [1.82, 2.24) is 0 Å². The van der Waals surface area contributed by atoms with Crippen LogP contribution in [-0.4, -0.2) is 19.8 Å². The van der Waals surface area contributed by atoms with Gasteiger partial charge in [-0.25, -0.2) is 0 Å². The van der Waals surface area contributed by atoms with Crippen LogP contribution >= 0.6 is 0 Å². The molecule has 0 saturated heterocycles. The third-order valence-corrected chi connectivity index (χ3v) is 4.57. The van der Waals surface area contributed by atoms with Gasteiger partial charge in [0.1, 0.15) is 0 Å². The van der Waals surface area contributed by atoms with Crippen molar-refractivity contribution in [2.24, 2.45) is 0 Å². The van der Waals surface area contributed by atoms with Crippen molar-refractivity contribution in [1.29, 1.82) is 0 Å². The quantitative estimate of drug-likeness (QED) is 0.574. The van der Waals surface area contributed by atoms with Crippen LogP contribution in [0.25, 0.3) is 11.1 Å². The zero-order chi connectivity index (χ0) is 20.1. The van der Waals surface area contributed by atoms with Crippen molar-refractivity contribution in [2.75, 3.05) is 25.1 Å². The van der Waals surface area contributed by atoms with Crippen molar-refractivity contribution in [3.05, 3.63) is 74.0 Å². The van der Waals surface area contributed by atoms with Crippen molar-refractivity contribution < 1.29 is 9.47 Å². The Morgan fingerprint density at radius 3 is 2.21 bits per heavy atom. The fraction of sp³-hybridized carbons (Fsp3) is 0.304. The summed E-state index contributed by atoms with van der Waals surface area (Å²) in [7, 11) is 0. The van der Waals surface area contributed by atoms with E-state index in [1.165, 1.54) is 0 Å². The van der Waals surface area contributed by atoms with Gasteiger partial charge < -0.3 is 14.8 Å². The van der Waals surface area contributed by atoms with Crippen molar-refractivity contribution in [3.63, 3.8) is 0 Å². The molecule has 5 nitrogen and oxygen atoms in total. The molecule has 0 heterocycles. The summed E-state index contributed by atoms with van der Waals surface area (Å²) >= 11 is 0. The average Bonchev–Trinajstić information content (AvgIpc) is 2.70. The lowest BCUT2D eigenvalue weighted by atomic mass is 9.97. The highest BCUT2D eigenvalue weighted by Crippen LogP contribution is 2.29. The molecule has 1 N–H and O–H groups in total. The maximum absolute atomic E-state index is 12.0. The van der Waals surface area contributed by atoms with E-state index in [0.29, 0.717) is 37.4 Å². The molecule has 0 bridgehead atoms. The first-order valence-corrected chi connectivity index (χ1v) is 9.57. The topological polar surface area (TPSA) is 64.6 Å². The van der Waals surface area contributed by atoms with Gasteiger partial charge in [0.25, 0.3) is 0 Å². The third kappa shape index (κ3) is 4.09. The number of rotatable bonds is 9. The molecule has 0 radical (unpaired) electrons. The van der Waals surface area contributed by atoms with Gasteiger partial charge in [-0.05, 0) is 50.5 Å². The third-order valence-electron chi connectivity index (χ3n) is 4.57. The average molecular weight is 379 g/mol. The molecule has 5 heteroatoms. The van der Waals surface area contributed by atoms with E-state index in [1.54, 1.807) is 0 Å². The van der Waals surface area contributed by atoms with Crippen LogP contribution in [0.15, 0.2) is 52.1 Å². The minimum absolute atomic E-state index is 0.407. The molecule has 28 heavy (non-hydrogen) atoms. The van der Waals surface area contributed by atoms with E-state index in [-0.39, 0.29) is 0 Å². The Morgan fingerprint density at radius 2 is 1.54 bits per heavy atom. The summed E-state index contributed by atoms with van der Waals surface area (Å²) in [5.41, 5.74) is 2.96. The van der Waals surface area contributed by atoms with Crippen LogP contribution in [0.5, 0.6) is 11.5 Å². The first-order valence-electron chi connectivity index (χ1n) is 9.57. The molecule has 0 aliphatic rings. The van der Waals surface area contributed by atoms with Crippen molar-refractivity contribution >= 4 is 5.69 Å². The van der Waals surface area contributed by atoms with Crippen LogP contribution in [0.1, 0.15) is 25.0 Å². The van der Waals surface area contributed by atoms with E-state index in [0.717, 1.165) is 28.2 Å². The molecule has 0 aromatic heterocycles. The molecule has 0 amide bonds. The zero-order valence-corrected chi connectivity index (χ0v) is 16.5. The highest BCUT2D eigenvalue weighted by Gasteiger charge is 2.21. The Morgan fingerprint density at radius 1 is 0.857 bits per heavy atom. The Kier molecular flexibility index (Phi) is 6.14. The molecule has 3 aromatic rings. The standard InChI is InChI=1S/C23H25NO4/c1-4-27-18-11-8-16(14-19(18)28-5-2)12-13-24-21-20(22(25)23(21)26)17-9-6-15(3)7-10-17/h6-11,14,24H,4-5,12-13H2,1-3H3. The second-order valence-electron chi connectivity index (χ2n) is 6.60. The van der Waals surface area contributed by atoms with E-state index >= 15 is 0 Å². The zero-order valence-electron chi connectivity index (χ0n) is 16.5. The molecule has 0 atom stereocenters. The lowest BCUT2D eigenvalue weighted by Gasteiger charge is -2.15. The molecule has 146 valence electrons. The summed E-state index contributed by atoms with van der Waals surface area (Å²) in [4.78, 5) is 24.0. The smallest absolute Gasteiger partial charge is 0.250 e. The Balaban J connectivity index is 1.70. The summed E-state index contributed by atoms with van der Waals surface area (Å²) in [5, 5.41) is 3.14. The fourth-order valence-corrected chi connectivity index (χ4v) is 3.14. The fourth-order valence-electron chi connectivity index (χ4n) is 3.14. The molecule has 0 saturated carbocycles. The van der Waals surface area contributed by atoms with Gasteiger partial charge in [-0.3, -0.25) is 9.59 Å². The van der Waals surface area contributed by atoms with Gasteiger partial charge in [-0.15, -0.1) is 0 Å². The summed E-state index contributed by atoms with van der Waals surface area (Å²) < 4.78 is 11.2. The highest BCUT2D eigenvalue weighted by atomic mass is 16.5. The number of hydrogen-bond donors (Lipinski definition) is 1. The number of anilines is 1. The molecule has 0 fully saturated rings. The molecule has 0 aliphatic carbocycles. The van der Waals surface area contributed by atoms with Gasteiger partial charge in [-0.2, -0.15) is 0 Å². The summed E-state index contributed by atoms with van der Waals surface area (Å²) in [6, 6.07) is 13.5. The lowest BCUT2D eigenvalue weighted by Crippen LogP contribution is -2.36. The number of ether oxygens (including phenoxy) is 2. The number of aryl methyl sites for hydroxylation is 1. The minimum atomic E-state index is -0.447. The summed E-state index contributed by atoms with van der Waals surface area (Å²) in [6.45, 7) is 7.53. The second kappa shape index (κ2) is 8.74. The first kappa shape index (κ1) is 19.7. The van der Waals surface area contributed by atoms with Crippen LogP contribution < -0.4 is 25.6 Å². The first-order chi connectivity index (χ1) is 13.5. The second-order valence-corrected chi connectivity index (χ2v) is 6.60. The minimum Gasteiger partial charge on any atom is -0.490 e. The van der Waals surface area contributed by atoms with Gasteiger partial charge in [0.15, 0.2) is 11.5 Å². The van der Waals surface area contributed by atoms with E-state index in [1.807, 2.05) is 63.2 Å². The SMILES string of the molecule is CCOc1ccc(CCNc2c(-c3ccc(C)cc3)c(=O)c2=O)cc1OCC. The Hall–Kier alpha value is -3.08. The molecular weight excluding hydrogens is 354 g/mol. The number of hydrogen-bond acceptors (Lipinski definition) is 5. The van der Waals surface area contributed by atoms with Gasteiger partial charge >= 0.3 is 0 Å². The molecule has 0 aliphatic heterocycles. The monoisotopic (exact) mass is 379 g/mol. The Bertz CT molecular complexity index is 1010. The van der Waals surface area contributed by atoms with Crippen molar-refractivity contribution in [3.8, 4) is 22.6 Å². The summed E-state index contributed by atoms with van der Waals surface area (Å²) in [5.74, 6) is 1.45. The van der Waals surface area contributed by atoms with Crippen LogP contribution in [0.4, 0.5) is 5.69 Å². The molecule has 3 rings (SSSR count). The lowest BCUT2D eigenvalue weighted by molar-refractivity contribution is 0.287. The van der Waals surface area contributed by atoms with E-state index in [2.05, 4.69) is 5.32 Å². The maximum atomic E-state index is 12.0. The van der Waals surface area contributed by atoms with Gasteiger partial charge in [-0.1, -0.05) is 35.9 Å². The van der Waals surface area contributed by atoms with Gasteiger partial charge in [0.05, 0.1) is 24.5 Å². The number of nitrogens with one attached hydrogen (secondary N) is 1. The van der Waals surface area contributed by atoms with Crippen LogP contribution in [0.3, 0.4) is 0 Å². The van der Waals surface area contributed by atoms with E-state index in [9.17, 15) is 9.59 Å². The predicted octanol–water partition coefficient (Wildman–Crippen LogP) is 3.71. The van der Waals surface area contributed by atoms with Crippen LogP contribution in [-0.2, 0) is 6.42 Å². The van der Waals surface area contributed by atoms with E-state index in [4.69, 9.17) is 9.47 Å². The maximum Gasteiger partial charge on any atom is 0.250 e. The van der Waals surface area contributed by atoms with Gasteiger partial charge in [0, 0.05) is 6.54 Å². The van der Waals surface area contributed by atoms with Crippen LogP contribution in [0.2, 0.25) is 0 Å². The number of benzene rings is 2. The molecule has 0 spiro atoms. The normalized spacial score (nSPS) is 10.8. The van der Waals surface area contributed by atoms with Crippen molar-refractivity contribution in [2.45, 2.75) is 27.2 Å². The van der Waals surface area contributed by atoms with E-state index < -0.39 is 10.9 Å². The molecule has 0 unspecified atom stereocenters. The molecular formula is C23H25NO4.